The number of hydrogen-bond donors (Lipinski definition) is 3. The van der Waals surface area contributed by atoms with Crippen molar-refractivity contribution in [2.75, 3.05) is 11.1 Å². The Balaban J connectivity index is 1.67. The minimum atomic E-state index is -1.13. The lowest BCUT2D eigenvalue weighted by Gasteiger charge is -2.12. The Labute approximate surface area is 179 Å². The fourth-order valence-electron chi connectivity index (χ4n) is 3.28. The third-order valence-electron chi connectivity index (χ3n) is 4.83. The molecule has 0 saturated carbocycles. The normalized spacial score (nSPS) is 10.5. The molecule has 31 heavy (non-hydrogen) atoms. The molecule has 4 aromatic rings. The number of carboxylic acids is 1. The first-order chi connectivity index (χ1) is 15.0. The summed E-state index contributed by atoms with van der Waals surface area (Å²) < 4.78 is 0. The van der Waals surface area contributed by atoms with Crippen LogP contribution in [0.5, 0.6) is 0 Å². The number of nitrogens with two attached hydrogens (primary N) is 1. The van der Waals surface area contributed by atoms with Crippen molar-refractivity contribution in [3.05, 3.63) is 102 Å². The molecule has 1 amide bonds. The van der Waals surface area contributed by atoms with Crippen molar-refractivity contribution in [2.24, 2.45) is 0 Å². The number of benzene rings is 3. The van der Waals surface area contributed by atoms with Gasteiger partial charge in [0.25, 0.3) is 5.91 Å². The van der Waals surface area contributed by atoms with E-state index in [2.05, 4.69) is 10.3 Å². The van der Waals surface area contributed by atoms with Crippen LogP contribution in [-0.2, 0) is 0 Å². The minimum absolute atomic E-state index is 0.00632. The van der Waals surface area contributed by atoms with Gasteiger partial charge in [0.2, 0.25) is 0 Å². The van der Waals surface area contributed by atoms with Gasteiger partial charge in [-0.1, -0.05) is 48.5 Å². The number of nitrogen functional groups attached to an aromatic ring is 1. The molecule has 0 radical (unpaired) electrons. The average molecular weight is 409 g/mol. The zero-order chi connectivity index (χ0) is 21.8. The van der Waals surface area contributed by atoms with Gasteiger partial charge in [-0.05, 0) is 47.0 Å². The van der Waals surface area contributed by atoms with E-state index in [1.54, 1.807) is 36.5 Å². The fourth-order valence-corrected chi connectivity index (χ4v) is 3.28. The van der Waals surface area contributed by atoms with Gasteiger partial charge in [0.05, 0.1) is 16.8 Å². The molecule has 4 rings (SSSR count). The lowest BCUT2D eigenvalue weighted by Crippen LogP contribution is -2.15. The van der Waals surface area contributed by atoms with Crippen molar-refractivity contribution in [2.45, 2.75) is 0 Å². The Bertz CT molecular complexity index is 1270. The Morgan fingerprint density at radius 3 is 2.26 bits per heavy atom. The molecule has 0 aliphatic rings. The summed E-state index contributed by atoms with van der Waals surface area (Å²) in [7, 11) is 0. The van der Waals surface area contributed by atoms with Crippen molar-refractivity contribution in [3.8, 4) is 22.3 Å². The summed E-state index contributed by atoms with van der Waals surface area (Å²) in [6.45, 7) is 0. The largest absolute Gasteiger partial charge is 0.478 e. The standard InChI is InChI=1S/C25H19N3O3/c26-21-8-4-7-17(12-21)18-9-10-22(25(30)31)23(13-18)28-24(29)20-11-19(14-27-15-20)16-5-2-1-3-6-16/h1-15H,26H2,(H,28,29)(H,30,31). The molecule has 0 unspecified atom stereocenters. The van der Waals surface area contributed by atoms with Crippen molar-refractivity contribution in [1.29, 1.82) is 0 Å². The van der Waals surface area contributed by atoms with Crippen LogP contribution in [0.3, 0.4) is 0 Å². The third-order valence-corrected chi connectivity index (χ3v) is 4.83. The van der Waals surface area contributed by atoms with Crippen molar-refractivity contribution in [1.82, 2.24) is 4.98 Å². The third kappa shape index (κ3) is 4.43. The summed E-state index contributed by atoms with van der Waals surface area (Å²) in [6.07, 6.45) is 3.12. The van der Waals surface area contributed by atoms with Gasteiger partial charge in [-0.15, -0.1) is 0 Å². The number of aromatic nitrogens is 1. The van der Waals surface area contributed by atoms with Crippen LogP contribution < -0.4 is 11.1 Å². The molecule has 3 aromatic carbocycles. The summed E-state index contributed by atoms with van der Waals surface area (Å²) in [5, 5.41) is 12.3. The second-order valence-electron chi connectivity index (χ2n) is 6.97. The second kappa shape index (κ2) is 8.51. The monoisotopic (exact) mass is 409 g/mol. The molecule has 6 nitrogen and oxygen atoms in total. The molecular formula is C25H19N3O3. The highest BCUT2D eigenvalue weighted by molar-refractivity contribution is 6.08. The summed E-state index contributed by atoms with van der Waals surface area (Å²) in [5.74, 6) is -1.58. The molecule has 0 aliphatic heterocycles. The highest BCUT2D eigenvalue weighted by Crippen LogP contribution is 2.28. The smallest absolute Gasteiger partial charge is 0.337 e. The molecular weight excluding hydrogens is 390 g/mol. The number of carboxylic acid groups (broad SMARTS) is 1. The molecule has 152 valence electrons. The number of pyridine rings is 1. The van der Waals surface area contributed by atoms with E-state index in [0.29, 0.717) is 11.3 Å². The van der Waals surface area contributed by atoms with Crippen LogP contribution in [0.15, 0.2) is 91.3 Å². The van der Waals surface area contributed by atoms with E-state index in [0.717, 1.165) is 22.3 Å². The SMILES string of the molecule is Nc1cccc(-c2ccc(C(=O)O)c(NC(=O)c3cncc(-c4ccccc4)c3)c2)c1. The molecule has 1 aromatic heterocycles. The highest BCUT2D eigenvalue weighted by atomic mass is 16.4. The molecule has 0 atom stereocenters. The van der Waals surface area contributed by atoms with Crippen molar-refractivity contribution >= 4 is 23.3 Å². The quantitative estimate of drug-likeness (QED) is 0.405. The molecule has 6 heteroatoms. The maximum Gasteiger partial charge on any atom is 0.337 e. The molecule has 1 heterocycles. The first kappa shape index (κ1) is 19.8. The van der Waals surface area contributed by atoms with Gasteiger partial charge >= 0.3 is 5.97 Å². The van der Waals surface area contributed by atoms with Crippen LogP contribution in [-0.4, -0.2) is 22.0 Å². The molecule has 0 bridgehead atoms. The number of hydrogen-bond acceptors (Lipinski definition) is 4. The van der Waals surface area contributed by atoms with Crippen molar-refractivity contribution < 1.29 is 14.7 Å². The Hall–Kier alpha value is -4.45. The summed E-state index contributed by atoms with van der Waals surface area (Å²) in [6, 6.07) is 23.3. The van der Waals surface area contributed by atoms with Crippen LogP contribution in [0.1, 0.15) is 20.7 Å². The van der Waals surface area contributed by atoms with Gasteiger partial charge in [0.15, 0.2) is 0 Å². The summed E-state index contributed by atoms with van der Waals surface area (Å²) >= 11 is 0. The van der Waals surface area contributed by atoms with Crippen LogP contribution in [0.2, 0.25) is 0 Å². The lowest BCUT2D eigenvalue weighted by atomic mass is 10.0. The predicted octanol–water partition coefficient (Wildman–Crippen LogP) is 4.95. The number of nitrogens with zero attached hydrogens (tertiary/aromatic N) is 1. The van der Waals surface area contributed by atoms with E-state index >= 15 is 0 Å². The van der Waals surface area contributed by atoms with Gasteiger partial charge < -0.3 is 16.2 Å². The van der Waals surface area contributed by atoms with Gasteiger partial charge in [-0.25, -0.2) is 4.79 Å². The van der Waals surface area contributed by atoms with Crippen LogP contribution in [0.4, 0.5) is 11.4 Å². The van der Waals surface area contributed by atoms with E-state index in [9.17, 15) is 14.7 Å². The van der Waals surface area contributed by atoms with Crippen LogP contribution >= 0.6 is 0 Å². The molecule has 0 saturated heterocycles. The van der Waals surface area contributed by atoms with Gasteiger partial charge in [0.1, 0.15) is 0 Å². The Morgan fingerprint density at radius 2 is 1.52 bits per heavy atom. The van der Waals surface area contributed by atoms with Gasteiger partial charge in [-0.2, -0.15) is 0 Å². The zero-order valence-electron chi connectivity index (χ0n) is 16.4. The van der Waals surface area contributed by atoms with Crippen molar-refractivity contribution in [3.63, 3.8) is 0 Å². The van der Waals surface area contributed by atoms with Crippen LogP contribution in [0, 0.1) is 0 Å². The van der Waals surface area contributed by atoms with Gasteiger partial charge in [-0.3, -0.25) is 9.78 Å². The minimum Gasteiger partial charge on any atom is -0.478 e. The summed E-state index contributed by atoms with van der Waals surface area (Å²) in [5.41, 5.74) is 10.2. The van der Waals surface area contributed by atoms with E-state index < -0.39 is 11.9 Å². The number of anilines is 2. The molecule has 4 N–H and O–H groups in total. The summed E-state index contributed by atoms with van der Waals surface area (Å²) in [4.78, 5) is 28.8. The molecule has 0 aliphatic carbocycles. The van der Waals surface area contributed by atoms with E-state index in [1.165, 1.54) is 12.3 Å². The van der Waals surface area contributed by atoms with E-state index in [-0.39, 0.29) is 11.3 Å². The van der Waals surface area contributed by atoms with Crippen LogP contribution in [0.25, 0.3) is 22.3 Å². The maximum absolute atomic E-state index is 12.9. The lowest BCUT2D eigenvalue weighted by molar-refractivity contribution is 0.0698. The second-order valence-corrected chi connectivity index (χ2v) is 6.97. The first-order valence-electron chi connectivity index (χ1n) is 9.56. The Morgan fingerprint density at radius 1 is 0.774 bits per heavy atom. The number of aromatic carboxylic acids is 1. The zero-order valence-corrected chi connectivity index (χ0v) is 16.4. The highest BCUT2D eigenvalue weighted by Gasteiger charge is 2.16. The number of nitrogens with one attached hydrogen (secondary N) is 1. The Kier molecular flexibility index (Phi) is 5.45. The molecule has 0 spiro atoms. The predicted molar refractivity (Wildman–Crippen MR) is 121 cm³/mol. The average Bonchev–Trinajstić information content (AvgIpc) is 2.79. The number of rotatable bonds is 5. The number of amides is 1. The first-order valence-corrected chi connectivity index (χ1v) is 9.56. The topological polar surface area (TPSA) is 105 Å². The van der Waals surface area contributed by atoms with Gasteiger partial charge in [0, 0.05) is 23.6 Å². The maximum atomic E-state index is 12.9. The number of carbonyl (C=O) groups excluding carboxylic acids is 1. The number of carbonyl (C=O) groups is 2. The molecule has 0 fully saturated rings. The fraction of sp³-hybridized carbons (Fsp3) is 0. The van der Waals surface area contributed by atoms with E-state index in [4.69, 9.17) is 5.73 Å². The van der Waals surface area contributed by atoms with E-state index in [1.807, 2.05) is 42.5 Å².